The Morgan fingerprint density at radius 2 is 1.93 bits per heavy atom. The average Bonchev–Trinajstić information content (AvgIpc) is 2.49. The molecule has 2 amide bonds. The van der Waals surface area contributed by atoms with E-state index in [1.165, 1.54) is 4.90 Å². The van der Waals surface area contributed by atoms with Gasteiger partial charge >= 0.3 is 0 Å². The molecule has 1 heterocycles. The summed E-state index contributed by atoms with van der Waals surface area (Å²) in [4.78, 5) is 25.1. The molecule has 1 aliphatic rings. The second-order valence-electron chi connectivity index (χ2n) is 4.16. The zero-order chi connectivity index (χ0) is 11.5. The highest BCUT2D eigenvalue weighted by atomic mass is 16.2. The molecular weight excluding hydrogens is 192 g/mol. The minimum absolute atomic E-state index is 0.00551. The van der Waals surface area contributed by atoms with Crippen molar-refractivity contribution in [3.63, 3.8) is 0 Å². The second kappa shape index (κ2) is 4.75. The van der Waals surface area contributed by atoms with E-state index in [1.54, 1.807) is 0 Å². The maximum Gasteiger partial charge on any atom is 0.235 e. The third-order valence-corrected chi connectivity index (χ3v) is 3.43. The first-order chi connectivity index (χ1) is 7.11. The van der Waals surface area contributed by atoms with Crippen LogP contribution in [0.15, 0.2) is 0 Å². The van der Waals surface area contributed by atoms with E-state index in [1.807, 2.05) is 13.8 Å². The molecular formula is C11H20N2O2. The van der Waals surface area contributed by atoms with E-state index in [2.05, 4.69) is 0 Å². The topological polar surface area (TPSA) is 63.4 Å². The Morgan fingerprint density at radius 1 is 1.33 bits per heavy atom. The molecule has 0 atom stereocenters. The molecule has 0 saturated carbocycles. The van der Waals surface area contributed by atoms with Crippen molar-refractivity contribution < 1.29 is 9.59 Å². The number of hydrogen-bond acceptors (Lipinski definition) is 3. The van der Waals surface area contributed by atoms with Crippen molar-refractivity contribution in [2.75, 3.05) is 13.1 Å². The number of carbonyl (C=O) groups excluding carboxylic acids is 2. The zero-order valence-corrected chi connectivity index (χ0v) is 9.58. The maximum absolute atomic E-state index is 12.1. The largest absolute Gasteiger partial charge is 0.330 e. The molecule has 0 unspecified atom stereocenters. The lowest BCUT2D eigenvalue weighted by molar-refractivity contribution is -0.141. The Bertz CT molecular complexity index is 259. The van der Waals surface area contributed by atoms with E-state index in [-0.39, 0.29) is 11.8 Å². The van der Waals surface area contributed by atoms with Crippen molar-refractivity contribution in [2.45, 2.75) is 39.5 Å². The Morgan fingerprint density at radius 3 is 2.33 bits per heavy atom. The minimum Gasteiger partial charge on any atom is -0.330 e. The highest BCUT2D eigenvalue weighted by Crippen LogP contribution is 2.38. The summed E-state index contributed by atoms with van der Waals surface area (Å²) in [7, 11) is 0. The molecule has 0 aromatic heterocycles. The summed E-state index contributed by atoms with van der Waals surface area (Å²) in [5.41, 5.74) is 4.96. The summed E-state index contributed by atoms with van der Waals surface area (Å²) in [6.07, 6.45) is 2.56. The van der Waals surface area contributed by atoms with Crippen LogP contribution in [-0.4, -0.2) is 29.8 Å². The van der Waals surface area contributed by atoms with Gasteiger partial charge in [-0.1, -0.05) is 13.8 Å². The van der Waals surface area contributed by atoms with Crippen molar-refractivity contribution in [3.8, 4) is 0 Å². The fourth-order valence-electron chi connectivity index (χ4n) is 2.14. The minimum atomic E-state index is -0.425. The molecule has 0 aromatic rings. The summed E-state index contributed by atoms with van der Waals surface area (Å²) in [6, 6.07) is 0. The van der Waals surface area contributed by atoms with Crippen molar-refractivity contribution in [1.82, 2.24) is 4.90 Å². The van der Waals surface area contributed by atoms with Gasteiger partial charge in [-0.25, -0.2) is 0 Å². The van der Waals surface area contributed by atoms with E-state index in [0.717, 1.165) is 12.8 Å². The van der Waals surface area contributed by atoms with E-state index in [9.17, 15) is 9.59 Å². The van der Waals surface area contributed by atoms with E-state index >= 15 is 0 Å². The highest BCUT2D eigenvalue weighted by Gasteiger charge is 2.48. The summed E-state index contributed by atoms with van der Waals surface area (Å²) in [5.74, 6) is -0.0249. The van der Waals surface area contributed by atoms with E-state index < -0.39 is 5.41 Å². The van der Waals surface area contributed by atoms with Crippen LogP contribution in [-0.2, 0) is 9.59 Å². The molecule has 4 nitrogen and oxygen atoms in total. The SMILES string of the molecule is CCC1(CC)CC(=O)N(CCCN)C1=O. The molecule has 2 N–H and O–H groups in total. The molecule has 0 aliphatic carbocycles. The molecule has 0 spiro atoms. The summed E-state index contributed by atoms with van der Waals surface area (Å²) >= 11 is 0. The van der Waals surface area contributed by atoms with Gasteiger partial charge in [-0.05, 0) is 25.8 Å². The van der Waals surface area contributed by atoms with Gasteiger partial charge in [-0.2, -0.15) is 0 Å². The molecule has 0 radical (unpaired) electrons. The van der Waals surface area contributed by atoms with Crippen LogP contribution in [0, 0.1) is 5.41 Å². The van der Waals surface area contributed by atoms with Crippen LogP contribution in [0.2, 0.25) is 0 Å². The fourth-order valence-corrected chi connectivity index (χ4v) is 2.14. The van der Waals surface area contributed by atoms with Crippen LogP contribution in [0.25, 0.3) is 0 Å². The van der Waals surface area contributed by atoms with Crippen molar-refractivity contribution in [1.29, 1.82) is 0 Å². The number of hydrogen-bond donors (Lipinski definition) is 1. The highest BCUT2D eigenvalue weighted by molar-refractivity contribution is 6.05. The molecule has 0 bridgehead atoms. The normalized spacial score (nSPS) is 20.1. The summed E-state index contributed by atoms with van der Waals surface area (Å²) in [5, 5.41) is 0. The van der Waals surface area contributed by atoms with Crippen LogP contribution in [0.1, 0.15) is 39.5 Å². The molecule has 1 rings (SSSR count). The predicted molar refractivity (Wildman–Crippen MR) is 58.0 cm³/mol. The van der Waals surface area contributed by atoms with Gasteiger partial charge in [0.05, 0.1) is 5.41 Å². The average molecular weight is 212 g/mol. The lowest BCUT2D eigenvalue weighted by atomic mass is 9.81. The van der Waals surface area contributed by atoms with Crippen LogP contribution in [0.5, 0.6) is 0 Å². The Kier molecular flexibility index (Phi) is 3.85. The molecule has 4 heteroatoms. The van der Waals surface area contributed by atoms with Gasteiger partial charge in [0.25, 0.3) is 0 Å². The van der Waals surface area contributed by atoms with Crippen LogP contribution >= 0.6 is 0 Å². The standard InChI is InChI=1S/C11H20N2O2/c1-3-11(4-2)8-9(14)13(10(11)15)7-5-6-12/h3-8,12H2,1-2H3. The quantitative estimate of drug-likeness (QED) is 0.689. The summed E-state index contributed by atoms with van der Waals surface area (Å²) < 4.78 is 0. The maximum atomic E-state index is 12.1. The molecule has 86 valence electrons. The second-order valence-corrected chi connectivity index (χ2v) is 4.16. The molecule has 15 heavy (non-hydrogen) atoms. The Hall–Kier alpha value is -0.900. The molecule has 1 saturated heterocycles. The molecule has 1 aliphatic heterocycles. The number of carbonyl (C=O) groups is 2. The number of nitrogens with zero attached hydrogens (tertiary/aromatic N) is 1. The first-order valence-corrected chi connectivity index (χ1v) is 5.66. The van der Waals surface area contributed by atoms with Crippen molar-refractivity contribution in [3.05, 3.63) is 0 Å². The van der Waals surface area contributed by atoms with Gasteiger partial charge in [0.2, 0.25) is 11.8 Å². The lowest BCUT2D eigenvalue weighted by Gasteiger charge is -2.23. The monoisotopic (exact) mass is 212 g/mol. The van der Waals surface area contributed by atoms with Gasteiger partial charge in [0.1, 0.15) is 0 Å². The third kappa shape index (κ3) is 2.04. The van der Waals surface area contributed by atoms with E-state index in [4.69, 9.17) is 5.73 Å². The zero-order valence-electron chi connectivity index (χ0n) is 9.58. The van der Waals surface area contributed by atoms with Gasteiger partial charge in [-0.3, -0.25) is 14.5 Å². The van der Waals surface area contributed by atoms with Gasteiger partial charge in [0.15, 0.2) is 0 Å². The van der Waals surface area contributed by atoms with Gasteiger partial charge < -0.3 is 5.73 Å². The summed E-state index contributed by atoms with van der Waals surface area (Å²) in [6.45, 7) is 4.94. The number of amides is 2. The number of nitrogens with two attached hydrogens (primary N) is 1. The Balaban J connectivity index is 2.77. The van der Waals surface area contributed by atoms with Crippen LogP contribution in [0.3, 0.4) is 0 Å². The smallest absolute Gasteiger partial charge is 0.235 e. The van der Waals surface area contributed by atoms with Crippen LogP contribution < -0.4 is 5.73 Å². The lowest BCUT2D eigenvalue weighted by Crippen LogP contribution is -2.36. The predicted octanol–water partition coefficient (Wildman–Crippen LogP) is 0.900. The molecule has 1 fully saturated rings. The van der Waals surface area contributed by atoms with Gasteiger partial charge in [-0.15, -0.1) is 0 Å². The van der Waals surface area contributed by atoms with Gasteiger partial charge in [0, 0.05) is 13.0 Å². The Labute approximate surface area is 90.8 Å². The van der Waals surface area contributed by atoms with Crippen LogP contribution in [0.4, 0.5) is 0 Å². The first kappa shape index (κ1) is 12.2. The number of rotatable bonds is 5. The first-order valence-electron chi connectivity index (χ1n) is 5.66. The van der Waals surface area contributed by atoms with Crippen molar-refractivity contribution >= 4 is 11.8 Å². The van der Waals surface area contributed by atoms with Crippen molar-refractivity contribution in [2.24, 2.45) is 11.1 Å². The van der Waals surface area contributed by atoms with E-state index in [0.29, 0.717) is 25.9 Å². The number of imide groups is 1. The third-order valence-electron chi connectivity index (χ3n) is 3.43. The molecule has 0 aromatic carbocycles. The number of likely N-dealkylation sites (tertiary alicyclic amines) is 1. The fraction of sp³-hybridized carbons (Fsp3) is 0.818.